The number of anilines is 1. The van der Waals surface area contributed by atoms with Crippen LogP contribution in [0.2, 0.25) is 0 Å². The van der Waals surface area contributed by atoms with E-state index in [2.05, 4.69) is 10.5 Å². The summed E-state index contributed by atoms with van der Waals surface area (Å²) in [5, 5.41) is 0. The van der Waals surface area contributed by atoms with E-state index < -0.39 is 5.82 Å². The van der Waals surface area contributed by atoms with E-state index in [-0.39, 0.29) is 5.69 Å². The molecule has 1 aromatic heterocycles. The average molecular weight is 167 g/mol. The van der Waals surface area contributed by atoms with Gasteiger partial charge in [-0.05, 0) is 12.1 Å². The molecule has 0 amide bonds. The molecule has 0 fully saturated rings. The molecule has 0 unspecified atom stereocenters. The highest BCUT2D eigenvalue weighted by atomic mass is 32.1. The summed E-state index contributed by atoms with van der Waals surface area (Å²) in [6, 6.07) is 3.27. The van der Waals surface area contributed by atoms with Gasteiger partial charge in [0, 0.05) is 0 Å². The molecule has 0 atom stereocenters. The highest BCUT2D eigenvalue weighted by Gasteiger charge is 2.05. The van der Waals surface area contributed by atoms with Crippen molar-refractivity contribution in [2.45, 2.75) is 0 Å². The zero-order valence-corrected chi connectivity index (χ0v) is 6.28. The molecule has 4 heteroatoms. The number of nitrogen functional groups attached to an aromatic ring is 1. The Morgan fingerprint density at radius 2 is 2.36 bits per heavy atom. The molecule has 0 saturated carbocycles. The number of aromatic nitrogens is 1. The largest absolute Gasteiger partial charge is 0.396 e. The highest BCUT2D eigenvalue weighted by molar-refractivity contribution is 7.16. The van der Waals surface area contributed by atoms with Crippen LogP contribution >= 0.6 is 11.3 Å². The maximum Gasteiger partial charge on any atom is 0.173 e. The third-order valence-electron chi connectivity index (χ3n) is 1.42. The van der Waals surface area contributed by atoms with E-state index in [9.17, 15) is 4.39 Å². The standard InChI is InChI=1S/C7H4FN2S/c8-6-4(9)1-2-5-7(6)10-3-11-5/h1-2H,9H2. The number of benzene rings is 1. The topological polar surface area (TPSA) is 38.9 Å². The minimum Gasteiger partial charge on any atom is -0.396 e. The maximum atomic E-state index is 13.0. The Morgan fingerprint density at radius 3 is 3.18 bits per heavy atom. The SMILES string of the molecule is Nc1ccc2s[c]nc2c1F. The molecule has 0 saturated heterocycles. The summed E-state index contributed by atoms with van der Waals surface area (Å²) >= 11 is 1.28. The van der Waals surface area contributed by atoms with Gasteiger partial charge in [-0.15, -0.1) is 11.3 Å². The third-order valence-corrected chi connectivity index (χ3v) is 2.15. The summed E-state index contributed by atoms with van der Waals surface area (Å²) in [4.78, 5) is 3.72. The fourth-order valence-corrected chi connectivity index (χ4v) is 1.47. The number of rotatable bonds is 0. The Bertz CT molecular complexity index is 396. The van der Waals surface area contributed by atoms with Crippen LogP contribution in [-0.2, 0) is 0 Å². The van der Waals surface area contributed by atoms with Crippen molar-refractivity contribution < 1.29 is 4.39 Å². The van der Waals surface area contributed by atoms with Crippen LogP contribution in [0, 0.1) is 11.3 Å². The van der Waals surface area contributed by atoms with E-state index in [1.807, 2.05) is 0 Å². The molecular formula is C7H4FN2S. The Balaban J connectivity index is 2.93. The fraction of sp³-hybridized carbons (Fsp3) is 0. The van der Waals surface area contributed by atoms with Crippen LogP contribution in [0.1, 0.15) is 0 Å². The van der Waals surface area contributed by atoms with Gasteiger partial charge in [-0.2, -0.15) is 0 Å². The molecule has 0 spiro atoms. The van der Waals surface area contributed by atoms with E-state index >= 15 is 0 Å². The number of nitrogens with two attached hydrogens (primary N) is 1. The first-order valence-electron chi connectivity index (χ1n) is 2.99. The smallest absolute Gasteiger partial charge is 0.173 e. The Hall–Kier alpha value is -1.16. The van der Waals surface area contributed by atoms with Crippen molar-refractivity contribution in [2.24, 2.45) is 0 Å². The predicted octanol–water partition coefficient (Wildman–Crippen LogP) is 1.82. The van der Waals surface area contributed by atoms with Crippen LogP contribution in [0.15, 0.2) is 12.1 Å². The summed E-state index contributed by atoms with van der Waals surface area (Å²) in [5.41, 5.74) is 8.37. The summed E-state index contributed by atoms with van der Waals surface area (Å²) in [6.07, 6.45) is 0. The van der Waals surface area contributed by atoms with Gasteiger partial charge in [0.2, 0.25) is 0 Å². The normalized spacial score (nSPS) is 10.6. The van der Waals surface area contributed by atoms with Crippen LogP contribution in [0.5, 0.6) is 0 Å². The van der Waals surface area contributed by atoms with Crippen LogP contribution in [0.25, 0.3) is 10.2 Å². The quantitative estimate of drug-likeness (QED) is 0.608. The van der Waals surface area contributed by atoms with E-state index in [1.54, 1.807) is 6.07 Å². The number of halogens is 1. The van der Waals surface area contributed by atoms with E-state index in [0.717, 1.165) is 4.70 Å². The van der Waals surface area contributed by atoms with Crippen LogP contribution in [-0.4, -0.2) is 4.98 Å². The van der Waals surface area contributed by atoms with Gasteiger partial charge in [0.25, 0.3) is 0 Å². The number of fused-ring (bicyclic) bond motifs is 1. The van der Waals surface area contributed by atoms with Crippen molar-refractivity contribution in [2.75, 3.05) is 5.73 Å². The molecule has 1 radical (unpaired) electrons. The maximum absolute atomic E-state index is 13.0. The molecule has 0 bridgehead atoms. The van der Waals surface area contributed by atoms with Crippen LogP contribution in [0.4, 0.5) is 10.1 Å². The molecule has 2 N–H and O–H groups in total. The van der Waals surface area contributed by atoms with Crippen molar-refractivity contribution >= 4 is 27.2 Å². The van der Waals surface area contributed by atoms with Crippen molar-refractivity contribution in [3.05, 3.63) is 23.5 Å². The average Bonchev–Trinajstić information content (AvgIpc) is 2.45. The molecule has 0 aliphatic rings. The van der Waals surface area contributed by atoms with E-state index in [1.165, 1.54) is 17.4 Å². The molecule has 1 aromatic carbocycles. The Labute approximate surface area is 66.5 Å². The molecule has 0 aliphatic carbocycles. The van der Waals surface area contributed by atoms with Crippen molar-refractivity contribution in [1.29, 1.82) is 0 Å². The minimum atomic E-state index is -0.444. The molecule has 11 heavy (non-hydrogen) atoms. The van der Waals surface area contributed by atoms with Gasteiger partial charge in [0.05, 0.1) is 10.4 Å². The van der Waals surface area contributed by atoms with Gasteiger partial charge in [-0.3, -0.25) is 0 Å². The first-order chi connectivity index (χ1) is 5.29. The lowest BCUT2D eigenvalue weighted by atomic mass is 10.3. The Morgan fingerprint density at radius 1 is 1.55 bits per heavy atom. The molecule has 55 valence electrons. The highest BCUT2D eigenvalue weighted by Crippen LogP contribution is 2.23. The first kappa shape index (κ1) is 6.54. The lowest BCUT2D eigenvalue weighted by Crippen LogP contribution is -1.89. The fourth-order valence-electron chi connectivity index (χ4n) is 0.867. The summed E-state index contributed by atoms with van der Waals surface area (Å²) in [6.45, 7) is 0. The van der Waals surface area contributed by atoms with Crippen molar-refractivity contribution in [1.82, 2.24) is 4.98 Å². The van der Waals surface area contributed by atoms with Gasteiger partial charge >= 0.3 is 0 Å². The Kier molecular flexibility index (Phi) is 1.29. The third kappa shape index (κ3) is 0.867. The molecule has 2 aromatic rings. The van der Waals surface area contributed by atoms with Crippen molar-refractivity contribution in [3.8, 4) is 0 Å². The number of nitrogens with zero attached hydrogens (tertiary/aromatic N) is 1. The minimum absolute atomic E-state index is 0.136. The van der Waals surface area contributed by atoms with Crippen LogP contribution < -0.4 is 5.73 Å². The van der Waals surface area contributed by atoms with Gasteiger partial charge in [-0.1, -0.05) is 0 Å². The van der Waals surface area contributed by atoms with Gasteiger partial charge < -0.3 is 5.73 Å². The lowest BCUT2D eigenvalue weighted by molar-refractivity contribution is 0.642. The van der Waals surface area contributed by atoms with E-state index in [4.69, 9.17) is 5.73 Å². The molecule has 2 rings (SSSR count). The number of hydrogen-bond acceptors (Lipinski definition) is 3. The second-order valence-electron chi connectivity index (χ2n) is 2.12. The van der Waals surface area contributed by atoms with Gasteiger partial charge in [0.1, 0.15) is 5.52 Å². The molecule has 2 nitrogen and oxygen atoms in total. The monoisotopic (exact) mass is 167 g/mol. The first-order valence-corrected chi connectivity index (χ1v) is 3.81. The zero-order chi connectivity index (χ0) is 7.84. The van der Waals surface area contributed by atoms with Gasteiger partial charge in [-0.25, -0.2) is 9.37 Å². The molecule has 1 heterocycles. The lowest BCUT2D eigenvalue weighted by Gasteiger charge is -1.94. The predicted molar refractivity (Wildman–Crippen MR) is 42.8 cm³/mol. The molecular weight excluding hydrogens is 163 g/mol. The second kappa shape index (κ2) is 2.17. The summed E-state index contributed by atoms with van der Waals surface area (Å²) < 4.78 is 13.8. The number of thiazole rings is 1. The number of hydrogen-bond donors (Lipinski definition) is 1. The van der Waals surface area contributed by atoms with Crippen LogP contribution in [0.3, 0.4) is 0 Å². The van der Waals surface area contributed by atoms with E-state index in [0.29, 0.717) is 5.52 Å². The summed E-state index contributed by atoms with van der Waals surface area (Å²) in [7, 11) is 0. The summed E-state index contributed by atoms with van der Waals surface area (Å²) in [5.74, 6) is -0.444. The second-order valence-corrected chi connectivity index (χ2v) is 2.95. The van der Waals surface area contributed by atoms with Crippen molar-refractivity contribution in [3.63, 3.8) is 0 Å². The molecule has 0 aliphatic heterocycles. The van der Waals surface area contributed by atoms with Gasteiger partial charge in [0.15, 0.2) is 11.3 Å². The zero-order valence-electron chi connectivity index (χ0n) is 5.47.